The second-order valence-corrected chi connectivity index (χ2v) is 3.52. The van der Waals surface area contributed by atoms with E-state index in [0.717, 1.165) is 6.42 Å². The molecule has 1 rings (SSSR count). The molecule has 0 unspecified atom stereocenters. The van der Waals surface area contributed by atoms with Gasteiger partial charge in [0.25, 0.3) is 0 Å². The molecule has 1 aromatic rings. The maximum atomic E-state index is 2.25. The lowest BCUT2D eigenvalue weighted by Crippen LogP contribution is -1.80. The molecule has 0 nitrogen and oxygen atoms in total. The Hall–Kier alpha value is -1.56. The standard InChI is InChI=1S/C15H18/c1-3-4-6-9-14(2)12-13-15-10-7-5-8-11-15/h3-12H,13H2,1-2H3/b4-3-,9-6-,14-12-. The molecule has 0 aromatic heterocycles. The average Bonchev–Trinajstić information content (AvgIpc) is 2.28. The van der Waals surface area contributed by atoms with Crippen molar-refractivity contribution in [3.8, 4) is 0 Å². The third kappa shape index (κ3) is 5.02. The first-order chi connectivity index (χ1) is 7.33. The summed E-state index contributed by atoms with van der Waals surface area (Å²) in [7, 11) is 0. The lowest BCUT2D eigenvalue weighted by Gasteiger charge is -1.95. The van der Waals surface area contributed by atoms with Crippen LogP contribution < -0.4 is 0 Å². The molecule has 1 aromatic carbocycles. The minimum atomic E-state index is 1.01. The van der Waals surface area contributed by atoms with E-state index in [0.29, 0.717) is 0 Å². The van der Waals surface area contributed by atoms with E-state index >= 15 is 0 Å². The Balaban J connectivity index is 2.51. The summed E-state index contributed by atoms with van der Waals surface area (Å²) in [5, 5.41) is 0. The Morgan fingerprint density at radius 2 is 1.87 bits per heavy atom. The maximum Gasteiger partial charge on any atom is -0.00917 e. The van der Waals surface area contributed by atoms with E-state index in [4.69, 9.17) is 0 Å². The fraction of sp³-hybridized carbons (Fsp3) is 0.200. The zero-order valence-corrected chi connectivity index (χ0v) is 9.48. The van der Waals surface area contributed by atoms with Gasteiger partial charge in [-0.15, -0.1) is 0 Å². The highest BCUT2D eigenvalue weighted by Gasteiger charge is 1.87. The van der Waals surface area contributed by atoms with Gasteiger partial charge in [-0.2, -0.15) is 0 Å². The number of hydrogen-bond donors (Lipinski definition) is 0. The monoisotopic (exact) mass is 198 g/mol. The molecule has 0 heteroatoms. The number of benzene rings is 1. The molecule has 78 valence electrons. The SMILES string of the molecule is C\C=C/C=C\C(C)=C/Cc1ccccc1. The third-order valence-corrected chi connectivity index (χ3v) is 2.17. The average molecular weight is 198 g/mol. The Bertz CT molecular complexity index is 353. The third-order valence-electron chi connectivity index (χ3n) is 2.17. The fourth-order valence-corrected chi connectivity index (χ4v) is 1.28. The maximum absolute atomic E-state index is 2.25. The minimum absolute atomic E-state index is 1.01. The highest BCUT2D eigenvalue weighted by Crippen LogP contribution is 2.03. The molecular weight excluding hydrogens is 180 g/mol. The first kappa shape index (κ1) is 11.5. The van der Waals surface area contributed by atoms with Gasteiger partial charge < -0.3 is 0 Å². The van der Waals surface area contributed by atoms with Gasteiger partial charge in [-0.1, -0.05) is 66.3 Å². The van der Waals surface area contributed by atoms with Gasteiger partial charge in [0.1, 0.15) is 0 Å². The number of hydrogen-bond acceptors (Lipinski definition) is 0. The van der Waals surface area contributed by atoms with Crippen LogP contribution in [0.4, 0.5) is 0 Å². The summed E-state index contributed by atoms with van der Waals surface area (Å²) in [4.78, 5) is 0. The lowest BCUT2D eigenvalue weighted by atomic mass is 10.1. The second-order valence-electron chi connectivity index (χ2n) is 3.52. The van der Waals surface area contributed by atoms with E-state index in [2.05, 4.69) is 49.4 Å². The van der Waals surface area contributed by atoms with Crippen LogP contribution in [0, 0.1) is 0 Å². The molecule has 0 fully saturated rings. The zero-order chi connectivity index (χ0) is 10.9. The largest absolute Gasteiger partial charge is 0.0877 e. The lowest BCUT2D eigenvalue weighted by molar-refractivity contribution is 1.24. The molecule has 0 spiro atoms. The second kappa shape index (κ2) is 6.83. The van der Waals surface area contributed by atoms with E-state index in [1.807, 2.05) is 25.1 Å². The predicted octanol–water partition coefficient (Wildman–Crippen LogP) is 4.31. The van der Waals surface area contributed by atoms with Gasteiger partial charge in [-0.05, 0) is 25.8 Å². The normalized spacial score (nSPS) is 12.8. The van der Waals surface area contributed by atoms with Crippen molar-refractivity contribution >= 4 is 0 Å². The molecule has 0 saturated carbocycles. The van der Waals surface area contributed by atoms with Crippen molar-refractivity contribution in [2.45, 2.75) is 20.3 Å². The van der Waals surface area contributed by atoms with Crippen molar-refractivity contribution in [2.24, 2.45) is 0 Å². The summed E-state index contributed by atoms with van der Waals surface area (Å²) >= 11 is 0. The number of rotatable bonds is 4. The molecule has 0 saturated heterocycles. The molecule has 0 bridgehead atoms. The molecular formula is C15H18. The van der Waals surface area contributed by atoms with Crippen molar-refractivity contribution in [1.29, 1.82) is 0 Å². The topological polar surface area (TPSA) is 0 Å². The summed E-state index contributed by atoms with van der Waals surface area (Å²) in [6, 6.07) is 10.5. The highest BCUT2D eigenvalue weighted by atomic mass is 13.9. The van der Waals surface area contributed by atoms with Crippen molar-refractivity contribution in [3.05, 3.63) is 71.8 Å². The summed E-state index contributed by atoms with van der Waals surface area (Å²) in [6.45, 7) is 4.15. The molecule has 0 N–H and O–H groups in total. The molecule has 15 heavy (non-hydrogen) atoms. The molecule has 0 aliphatic carbocycles. The fourth-order valence-electron chi connectivity index (χ4n) is 1.28. The summed E-state index contributed by atoms with van der Waals surface area (Å²) in [5.41, 5.74) is 2.66. The van der Waals surface area contributed by atoms with Crippen molar-refractivity contribution < 1.29 is 0 Å². The van der Waals surface area contributed by atoms with Crippen LogP contribution in [0.15, 0.2) is 66.3 Å². The van der Waals surface area contributed by atoms with Crippen molar-refractivity contribution in [2.75, 3.05) is 0 Å². The van der Waals surface area contributed by atoms with E-state index in [9.17, 15) is 0 Å². The smallest absolute Gasteiger partial charge is 0.00917 e. The first-order valence-electron chi connectivity index (χ1n) is 5.33. The van der Waals surface area contributed by atoms with E-state index in [1.54, 1.807) is 0 Å². The van der Waals surface area contributed by atoms with E-state index < -0.39 is 0 Å². The minimum Gasteiger partial charge on any atom is -0.0877 e. The Morgan fingerprint density at radius 3 is 2.53 bits per heavy atom. The Morgan fingerprint density at radius 1 is 1.13 bits per heavy atom. The van der Waals surface area contributed by atoms with Crippen LogP contribution in [0.3, 0.4) is 0 Å². The molecule has 0 atom stereocenters. The first-order valence-corrected chi connectivity index (χ1v) is 5.33. The summed E-state index contributed by atoms with van der Waals surface area (Å²) < 4.78 is 0. The molecule has 0 aliphatic heterocycles. The van der Waals surface area contributed by atoms with Crippen LogP contribution >= 0.6 is 0 Å². The quantitative estimate of drug-likeness (QED) is 0.632. The zero-order valence-electron chi connectivity index (χ0n) is 9.48. The van der Waals surface area contributed by atoms with Crippen LogP contribution in [0.2, 0.25) is 0 Å². The van der Waals surface area contributed by atoms with E-state index in [1.165, 1.54) is 11.1 Å². The molecule has 0 heterocycles. The molecule has 0 radical (unpaired) electrons. The van der Waals surface area contributed by atoms with Crippen LogP contribution in [0.25, 0.3) is 0 Å². The summed E-state index contributed by atoms with van der Waals surface area (Å²) in [5.74, 6) is 0. The Labute approximate surface area is 92.6 Å². The summed E-state index contributed by atoms with van der Waals surface area (Å²) in [6.07, 6.45) is 11.5. The van der Waals surface area contributed by atoms with Gasteiger partial charge >= 0.3 is 0 Å². The van der Waals surface area contributed by atoms with Gasteiger partial charge in [-0.25, -0.2) is 0 Å². The van der Waals surface area contributed by atoms with E-state index in [-0.39, 0.29) is 0 Å². The van der Waals surface area contributed by atoms with Gasteiger partial charge in [-0.3, -0.25) is 0 Å². The van der Waals surface area contributed by atoms with Crippen LogP contribution in [-0.4, -0.2) is 0 Å². The van der Waals surface area contributed by atoms with Crippen LogP contribution in [0.5, 0.6) is 0 Å². The number of allylic oxidation sites excluding steroid dienone is 6. The van der Waals surface area contributed by atoms with Gasteiger partial charge in [0.2, 0.25) is 0 Å². The highest BCUT2D eigenvalue weighted by molar-refractivity contribution is 5.24. The molecule has 0 aliphatic rings. The van der Waals surface area contributed by atoms with Crippen LogP contribution in [0.1, 0.15) is 19.4 Å². The van der Waals surface area contributed by atoms with Crippen molar-refractivity contribution in [3.63, 3.8) is 0 Å². The van der Waals surface area contributed by atoms with Crippen LogP contribution in [-0.2, 0) is 6.42 Å². The predicted molar refractivity (Wildman–Crippen MR) is 67.9 cm³/mol. The van der Waals surface area contributed by atoms with Gasteiger partial charge in [0.05, 0.1) is 0 Å². The van der Waals surface area contributed by atoms with Gasteiger partial charge in [0, 0.05) is 0 Å². The Kier molecular flexibility index (Phi) is 5.24. The van der Waals surface area contributed by atoms with Gasteiger partial charge in [0.15, 0.2) is 0 Å². The van der Waals surface area contributed by atoms with Crippen molar-refractivity contribution in [1.82, 2.24) is 0 Å². The molecule has 0 amide bonds.